The Labute approximate surface area is 188 Å². The van der Waals surface area contributed by atoms with Crippen molar-refractivity contribution in [2.45, 2.75) is 32.6 Å². The van der Waals surface area contributed by atoms with Crippen LogP contribution in [0.3, 0.4) is 0 Å². The minimum absolute atomic E-state index is 0.277. The first-order chi connectivity index (χ1) is 15.7. The monoisotopic (exact) mass is 431 g/mol. The number of aromatic nitrogens is 5. The molecule has 1 atom stereocenters. The van der Waals surface area contributed by atoms with E-state index in [4.69, 9.17) is 24.7 Å². The summed E-state index contributed by atoms with van der Waals surface area (Å²) in [6.07, 6.45) is 7.79. The molecule has 2 fully saturated rings. The van der Waals surface area contributed by atoms with E-state index in [2.05, 4.69) is 14.8 Å². The van der Waals surface area contributed by atoms with Crippen LogP contribution < -0.4 is 9.80 Å². The quantitative estimate of drug-likeness (QED) is 0.623. The lowest BCUT2D eigenvalue weighted by Gasteiger charge is -2.34. The molecular weight excluding hydrogens is 402 g/mol. The highest BCUT2D eigenvalue weighted by Gasteiger charge is 2.28. The Balaban J connectivity index is 1.50. The first-order valence-corrected chi connectivity index (χ1v) is 11.3. The highest BCUT2D eigenvalue weighted by molar-refractivity contribution is 5.66. The highest BCUT2D eigenvalue weighted by Crippen LogP contribution is 2.34. The van der Waals surface area contributed by atoms with E-state index in [0.717, 1.165) is 79.1 Å². The zero-order valence-corrected chi connectivity index (χ0v) is 18.7. The summed E-state index contributed by atoms with van der Waals surface area (Å²) in [5.41, 5.74) is 5.29. The molecule has 32 heavy (non-hydrogen) atoms. The molecule has 3 aromatic rings. The van der Waals surface area contributed by atoms with Crippen molar-refractivity contribution < 1.29 is 4.74 Å². The third kappa shape index (κ3) is 4.41. The number of rotatable bonds is 4. The fraction of sp³-hybridized carbons (Fsp3) is 0.458. The van der Waals surface area contributed by atoms with Crippen molar-refractivity contribution in [3.05, 3.63) is 53.9 Å². The molecule has 0 unspecified atom stereocenters. The van der Waals surface area contributed by atoms with E-state index < -0.39 is 0 Å². The van der Waals surface area contributed by atoms with Crippen molar-refractivity contribution in [2.75, 3.05) is 49.2 Å². The van der Waals surface area contributed by atoms with Crippen LogP contribution >= 0.6 is 0 Å². The van der Waals surface area contributed by atoms with E-state index in [1.807, 2.05) is 50.6 Å². The van der Waals surface area contributed by atoms with E-state index in [1.165, 1.54) is 0 Å². The predicted octanol–water partition coefficient (Wildman–Crippen LogP) is 3.17. The minimum Gasteiger partial charge on any atom is -0.378 e. The Morgan fingerprint density at radius 1 is 0.906 bits per heavy atom. The summed E-state index contributed by atoms with van der Waals surface area (Å²) in [7, 11) is 0. The van der Waals surface area contributed by atoms with Gasteiger partial charge in [-0.2, -0.15) is 0 Å². The molecule has 5 rings (SSSR count). The SMILES string of the molecule is Cc1cc(C)nc(N2CCC[C@@H](c3nc(N4CCOCC4)ncc3-c3ccncc3)C2)n1. The highest BCUT2D eigenvalue weighted by atomic mass is 16.5. The zero-order valence-electron chi connectivity index (χ0n) is 18.7. The van der Waals surface area contributed by atoms with Crippen LogP contribution in [0.4, 0.5) is 11.9 Å². The summed E-state index contributed by atoms with van der Waals surface area (Å²) in [5, 5.41) is 0. The van der Waals surface area contributed by atoms with Gasteiger partial charge in [-0.05, 0) is 50.5 Å². The van der Waals surface area contributed by atoms with Crippen LogP contribution in [0, 0.1) is 13.8 Å². The Bertz CT molecular complexity index is 1050. The molecule has 0 bridgehead atoms. The third-order valence-electron chi connectivity index (χ3n) is 6.15. The topological polar surface area (TPSA) is 80.2 Å². The van der Waals surface area contributed by atoms with Crippen molar-refractivity contribution in [1.82, 2.24) is 24.9 Å². The Morgan fingerprint density at radius 3 is 2.41 bits per heavy atom. The van der Waals surface area contributed by atoms with E-state index in [-0.39, 0.29) is 5.92 Å². The average molecular weight is 432 g/mol. The van der Waals surface area contributed by atoms with Gasteiger partial charge in [0.1, 0.15) is 0 Å². The van der Waals surface area contributed by atoms with Crippen molar-refractivity contribution in [3.63, 3.8) is 0 Å². The van der Waals surface area contributed by atoms with E-state index in [0.29, 0.717) is 13.2 Å². The van der Waals surface area contributed by atoms with Crippen molar-refractivity contribution in [2.24, 2.45) is 0 Å². The molecule has 2 saturated heterocycles. The third-order valence-corrected chi connectivity index (χ3v) is 6.15. The Hall–Kier alpha value is -3.13. The second-order valence-corrected chi connectivity index (χ2v) is 8.54. The van der Waals surface area contributed by atoms with Crippen LogP contribution in [0.1, 0.15) is 35.8 Å². The lowest BCUT2D eigenvalue weighted by molar-refractivity contribution is 0.122. The molecule has 8 heteroatoms. The molecule has 8 nitrogen and oxygen atoms in total. The molecule has 2 aliphatic heterocycles. The van der Waals surface area contributed by atoms with Gasteiger partial charge >= 0.3 is 0 Å². The molecule has 0 aromatic carbocycles. The maximum Gasteiger partial charge on any atom is 0.225 e. The van der Waals surface area contributed by atoms with Crippen molar-refractivity contribution >= 4 is 11.9 Å². The lowest BCUT2D eigenvalue weighted by Crippen LogP contribution is -2.38. The molecular formula is C24H29N7O. The number of hydrogen-bond acceptors (Lipinski definition) is 8. The first kappa shape index (κ1) is 20.8. The lowest BCUT2D eigenvalue weighted by atomic mass is 9.90. The second kappa shape index (κ2) is 9.16. The van der Waals surface area contributed by atoms with Crippen LogP contribution in [0.25, 0.3) is 11.1 Å². The molecule has 166 valence electrons. The van der Waals surface area contributed by atoms with Crippen LogP contribution in [0.15, 0.2) is 36.8 Å². The van der Waals surface area contributed by atoms with Gasteiger partial charge in [-0.15, -0.1) is 0 Å². The summed E-state index contributed by atoms with van der Waals surface area (Å²) >= 11 is 0. The predicted molar refractivity (Wildman–Crippen MR) is 124 cm³/mol. The Kier molecular flexibility index (Phi) is 5.94. The molecule has 0 N–H and O–H groups in total. The summed E-state index contributed by atoms with van der Waals surface area (Å²) in [4.78, 5) is 28.0. The van der Waals surface area contributed by atoms with Crippen molar-refractivity contribution in [1.29, 1.82) is 0 Å². The molecule has 3 aromatic heterocycles. The molecule has 0 aliphatic carbocycles. The largest absolute Gasteiger partial charge is 0.378 e. The molecule has 0 saturated carbocycles. The van der Waals surface area contributed by atoms with Gasteiger partial charge in [0.15, 0.2) is 0 Å². The molecule has 0 radical (unpaired) electrons. The maximum atomic E-state index is 5.52. The van der Waals surface area contributed by atoms with Crippen molar-refractivity contribution in [3.8, 4) is 11.1 Å². The van der Waals surface area contributed by atoms with Crippen LogP contribution in [0.2, 0.25) is 0 Å². The minimum atomic E-state index is 0.277. The Morgan fingerprint density at radius 2 is 1.66 bits per heavy atom. The van der Waals surface area contributed by atoms with Crippen LogP contribution in [-0.4, -0.2) is 64.3 Å². The van der Waals surface area contributed by atoms with Crippen LogP contribution in [-0.2, 0) is 4.74 Å². The maximum absolute atomic E-state index is 5.52. The number of piperidine rings is 1. The van der Waals surface area contributed by atoms with E-state index in [1.54, 1.807) is 0 Å². The average Bonchev–Trinajstić information content (AvgIpc) is 2.84. The van der Waals surface area contributed by atoms with Gasteiger partial charge in [-0.3, -0.25) is 4.98 Å². The fourth-order valence-corrected chi connectivity index (χ4v) is 4.60. The summed E-state index contributed by atoms with van der Waals surface area (Å²) < 4.78 is 5.52. The molecule has 0 amide bonds. The van der Waals surface area contributed by atoms with Crippen LogP contribution in [0.5, 0.6) is 0 Å². The standard InChI is InChI=1S/C24H29N7O/c1-17-14-18(2)28-24(27-17)31-9-3-4-20(16-31)22-21(19-5-7-25-8-6-19)15-26-23(29-22)30-10-12-32-13-11-30/h5-8,14-15,20H,3-4,9-13,16H2,1-2H3/t20-/m1/s1. The number of nitrogens with zero attached hydrogens (tertiary/aromatic N) is 7. The fourth-order valence-electron chi connectivity index (χ4n) is 4.60. The van der Waals surface area contributed by atoms with Gasteiger partial charge in [0.05, 0.1) is 18.9 Å². The number of pyridine rings is 1. The summed E-state index contributed by atoms with van der Waals surface area (Å²) in [6.45, 7) is 8.94. The normalized spacial score (nSPS) is 19.2. The number of hydrogen-bond donors (Lipinski definition) is 0. The number of anilines is 2. The molecule has 5 heterocycles. The van der Waals surface area contributed by atoms with Gasteiger partial charge in [-0.25, -0.2) is 19.9 Å². The number of morpholine rings is 1. The van der Waals surface area contributed by atoms with Gasteiger partial charge < -0.3 is 14.5 Å². The van der Waals surface area contributed by atoms with E-state index >= 15 is 0 Å². The second-order valence-electron chi connectivity index (χ2n) is 8.54. The molecule has 2 aliphatic rings. The molecule has 0 spiro atoms. The van der Waals surface area contributed by atoms with Gasteiger partial charge in [0.25, 0.3) is 0 Å². The number of aryl methyl sites for hydroxylation is 2. The smallest absolute Gasteiger partial charge is 0.225 e. The first-order valence-electron chi connectivity index (χ1n) is 11.3. The van der Waals surface area contributed by atoms with Gasteiger partial charge in [-0.1, -0.05) is 0 Å². The van der Waals surface area contributed by atoms with Gasteiger partial charge in [0.2, 0.25) is 11.9 Å². The summed E-state index contributed by atoms with van der Waals surface area (Å²) in [5.74, 6) is 1.89. The van der Waals surface area contributed by atoms with E-state index in [9.17, 15) is 0 Å². The summed E-state index contributed by atoms with van der Waals surface area (Å²) in [6, 6.07) is 6.08. The number of ether oxygens (including phenoxy) is 1. The van der Waals surface area contributed by atoms with Gasteiger partial charge in [0, 0.05) is 67.6 Å². The zero-order chi connectivity index (χ0) is 21.9.